The predicted molar refractivity (Wildman–Crippen MR) is 122 cm³/mol. The fourth-order valence-electron chi connectivity index (χ4n) is 8.51. The molecule has 0 heterocycles. The lowest BCUT2D eigenvalue weighted by Crippen LogP contribution is -2.49. The third-order valence-electron chi connectivity index (χ3n) is 9.98. The van der Waals surface area contributed by atoms with Crippen LogP contribution >= 0.6 is 0 Å². The van der Waals surface area contributed by atoms with E-state index < -0.39 is 11.2 Å². The largest absolute Gasteiger partial charge is 0.390 e. The molecule has 30 heavy (non-hydrogen) atoms. The van der Waals surface area contributed by atoms with Gasteiger partial charge in [0.15, 0.2) is 0 Å². The van der Waals surface area contributed by atoms with Gasteiger partial charge in [0.25, 0.3) is 0 Å². The molecule has 4 unspecified atom stereocenters. The summed E-state index contributed by atoms with van der Waals surface area (Å²) in [6, 6.07) is 0. The molecule has 0 spiro atoms. The zero-order chi connectivity index (χ0) is 21.7. The highest BCUT2D eigenvalue weighted by atomic mass is 16.5. The fraction of sp³-hybridized carbons (Fsp3) is 0.926. The van der Waals surface area contributed by atoms with Gasteiger partial charge in [0.2, 0.25) is 0 Å². The zero-order valence-corrected chi connectivity index (χ0v) is 20.1. The first kappa shape index (κ1) is 22.8. The minimum Gasteiger partial charge on any atom is -0.390 e. The summed E-state index contributed by atoms with van der Waals surface area (Å²) in [5.74, 6) is 4.77. The Morgan fingerprint density at radius 3 is 2.63 bits per heavy atom. The van der Waals surface area contributed by atoms with Crippen molar-refractivity contribution in [1.82, 2.24) is 0 Å². The van der Waals surface area contributed by atoms with Crippen molar-refractivity contribution in [1.29, 1.82) is 0 Å². The van der Waals surface area contributed by atoms with Crippen LogP contribution in [-0.2, 0) is 4.74 Å². The number of allylic oxidation sites excluding steroid dienone is 1. The Hall–Kier alpha value is -0.380. The molecule has 4 aliphatic carbocycles. The van der Waals surface area contributed by atoms with E-state index in [4.69, 9.17) is 4.74 Å². The molecule has 0 aromatic heterocycles. The topological polar surface area (TPSA) is 49.7 Å². The summed E-state index contributed by atoms with van der Waals surface area (Å²) in [5, 5.41) is 21.1. The van der Waals surface area contributed by atoms with Gasteiger partial charge in [-0.3, -0.25) is 0 Å². The number of aliphatic hydroxyl groups is 2. The minimum atomic E-state index is -0.637. The second kappa shape index (κ2) is 8.19. The highest BCUT2D eigenvalue weighted by Gasteiger charge is 2.57. The second-order valence-corrected chi connectivity index (χ2v) is 12.5. The van der Waals surface area contributed by atoms with E-state index in [-0.39, 0.29) is 0 Å². The standard InChI is InChI=1S/C27H46O3/c1-18(10-13-25(2,3)28)23-8-9-24-22-7-6-19-16-27(29,17-30-5)15-12-20(19)21(22)11-14-26(23,24)4/h6,18,20-24,28-29H,7-17H2,1-5H3/t18?,20-,21?,22?,23+,24?,26+,27-/m0/s1. The third kappa shape index (κ3) is 4.16. The van der Waals surface area contributed by atoms with Gasteiger partial charge in [-0.2, -0.15) is 0 Å². The summed E-state index contributed by atoms with van der Waals surface area (Å²) in [5.41, 5.74) is 0.846. The number of methoxy groups -OCH3 is 1. The molecule has 0 saturated heterocycles. The normalized spacial score (nSPS) is 44.6. The molecule has 0 bridgehead atoms. The third-order valence-corrected chi connectivity index (χ3v) is 9.98. The zero-order valence-electron chi connectivity index (χ0n) is 20.1. The van der Waals surface area contributed by atoms with E-state index in [1.165, 1.54) is 32.1 Å². The molecule has 172 valence electrons. The van der Waals surface area contributed by atoms with E-state index in [0.717, 1.165) is 55.8 Å². The first-order valence-corrected chi connectivity index (χ1v) is 12.7. The molecule has 0 aromatic rings. The maximum atomic E-state index is 10.9. The van der Waals surface area contributed by atoms with Crippen molar-refractivity contribution in [3.05, 3.63) is 11.6 Å². The molecule has 8 atom stereocenters. The van der Waals surface area contributed by atoms with Crippen LogP contribution in [0.4, 0.5) is 0 Å². The quantitative estimate of drug-likeness (QED) is 0.541. The average Bonchev–Trinajstić information content (AvgIpc) is 3.02. The van der Waals surface area contributed by atoms with Crippen LogP contribution in [-0.4, -0.2) is 35.1 Å². The van der Waals surface area contributed by atoms with E-state index in [2.05, 4.69) is 19.9 Å². The molecule has 0 amide bonds. The van der Waals surface area contributed by atoms with Crippen LogP contribution in [0.5, 0.6) is 0 Å². The highest BCUT2D eigenvalue weighted by molar-refractivity contribution is 5.22. The van der Waals surface area contributed by atoms with Crippen molar-refractivity contribution >= 4 is 0 Å². The van der Waals surface area contributed by atoms with Crippen LogP contribution < -0.4 is 0 Å². The molecule has 3 heteroatoms. The summed E-state index contributed by atoms with van der Waals surface area (Å²) >= 11 is 0. The van der Waals surface area contributed by atoms with Gasteiger partial charge in [-0.25, -0.2) is 0 Å². The van der Waals surface area contributed by atoms with Crippen molar-refractivity contribution in [2.75, 3.05) is 13.7 Å². The smallest absolute Gasteiger partial charge is 0.0917 e. The van der Waals surface area contributed by atoms with Crippen molar-refractivity contribution in [3.8, 4) is 0 Å². The monoisotopic (exact) mass is 418 g/mol. The van der Waals surface area contributed by atoms with E-state index in [0.29, 0.717) is 23.9 Å². The van der Waals surface area contributed by atoms with Crippen LogP contribution in [0, 0.1) is 40.9 Å². The maximum Gasteiger partial charge on any atom is 0.0917 e. The molecule has 2 N–H and O–H groups in total. The Balaban J connectivity index is 1.47. The summed E-state index contributed by atoms with van der Waals surface area (Å²) in [4.78, 5) is 0. The molecule has 0 aliphatic heterocycles. The average molecular weight is 419 g/mol. The summed E-state index contributed by atoms with van der Waals surface area (Å²) in [6.45, 7) is 9.44. The number of rotatable bonds is 6. The Morgan fingerprint density at radius 1 is 1.17 bits per heavy atom. The molecule has 0 aromatic carbocycles. The van der Waals surface area contributed by atoms with Crippen LogP contribution in [0.2, 0.25) is 0 Å². The lowest BCUT2D eigenvalue weighted by molar-refractivity contribution is -0.0709. The lowest BCUT2D eigenvalue weighted by atomic mass is 9.50. The summed E-state index contributed by atoms with van der Waals surface area (Å²) in [6.07, 6.45) is 14.2. The summed E-state index contributed by atoms with van der Waals surface area (Å²) < 4.78 is 5.32. The molecular weight excluding hydrogens is 372 g/mol. The number of fused-ring (bicyclic) bond motifs is 5. The van der Waals surface area contributed by atoms with Crippen molar-refractivity contribution < 1.29 is 14.9 Å². The van der Waals surface area contributed by atoms with Gasteiger partial charge in [0.05, 0.1) is 17.8 Å². The number of ether oxygens (including phenoxy) is 1. The van der Waals surface area contributed by atoms with Gasteiger partial charge in [-0.15, -0.1) is 0 Å². The van der Waals surface area contributed by atoms with Gasteiger partial charge < -0.3 is 14.9 Å². The number of hydrogen-bond acceptors (Lipinski definition) is 3. The van der Waals surface area contributed by atoms with Crippen molar-refractivity contribution in [3.63, 3.8) is 0 Å². The summed E-state index contributed by atoms with van der Waals surface area (Å²) in [7, 11) is 1.70. The lowest BCUT2D eigenvalue weighted by Gasteiger charge is -2.55. The molecule has 4 aliphatic rings. The highest BCUT2D eigenvalue weighted by Crippen LogP contribution is 2.65. The fourth-order valence-corrected chi connectivity index (χ4v) is 8.51. The molecular formula is C27H46O3. The van der Waals surface area contributed by atoms with E-state index in [9.17, 15) is 10.2 Å². The maximum absolute atomic E-state index is 10.9. The number of hydrogen-bond donors (Lipinski definition) is 2. The van der Waals surface area contributed by atoms with Gasteiger partial charge >= 0.3 is 0 Å². The Labute approximate surface area is 184 Å². The molecule has 4 rings (SSSR count). The molecule has 3 saturated carbocycles. The molecule has 3 fully saturated rings. The van der Waals surface area contributed by atoms with Crippen LogP contribution in [0.25, 0.3) is 0 Å². The van der Waals surface area contributed by atoms with Crippen molar-refractivity contribution in [2.24, 2.45) is 40.9 Å². The molecule has 3 nitrogen and oxygen atoms in total. The first-order valence-electron chi connectivity index (χ1n) is 12.7. The predicted octanol–water partition coefficient (Wildman–Crippen LogP) is 5.74. The SMILES string of the molecule is COC[C@]1(O)CC[C@H]2C(=CCC3C2CC[C@@]2(C)C3CC[C@@H]2C(C)CCC(C)(C)O)C1. The van der Waals surface area contributed by atoms with Gasteiger partial charge in [0.1, 0.15) is 0 Å². The van der Waals surface area contributed by atoms with Crippen LogP contribution in [0.15, 0.2) is 11.6 Å². The Morgan fingerprint density at radius 2 is 1.93 bits per heavy atom. The van der Waals surface area contributed by atoms with Crippen molar-refractivity contribution in [2.45, 2.75) is 103 Å². The second-order valence-electron chi connectivity index (χ2n) is 12.5. The Kier molecular flexibility index (Phi) is 6.23. The van der Waals surface area contributed by atoms with E-state index >= 15 is 0 Å². The van der Waals surface area contributed by atoms with E-state index in [1.54, 1.807) is 12.7 Å². The first-order chi connectivity index (χ1) is 14.1. The van der Waals surface area contributed by atoms with Crippen LogP contribution in [0.3, 0.4) is 0 Å². The van der Waals surface area contributed by atoms with Gasteiger partial charge in [-0.05, 0) is 119 Å². The van der Waals surface area contributed by atoms with E-state index in [1.807, 2.05) is 13.8 Å². The molecule has 0 radical (unpaired) electrons. The minimum absolute atomic E-state index is 0.468. The van der Waals surface area contributed by atoms with Crippen LogP contribution in [0.1, 0.15) is 91.9 Å². The van der Waals surface area contributed by atoms with Gasteiger partial charge in [-0.1, -0.05) is 25.5 Å². The van der Waals surface area contributed by atoms with Gasteiger partial charge in [0, 0.05) is 7.11 Å². The Bertz CT molecular complexity index is 649.